The average molecular weight is 195 g/mol. The number of aliphatic hydroxyl groups is 1. The van der Waals surface area contributed by atoms with Gasteiger partial charge in [-0.05, 0) is 31.4 Å². The summed E-state index contributed by atoms with van der Waals surface area (Å²) in [5.41, 5.74) is 6.59. The van der Waals surface area contributed by atoms with Crippen molar-refractivity contribution in [1.29, 1.82) is 0 Å². The van der Waals surface area contributed by atoms with E-state index < -0.39 is 12.5 Å². The Balaban J connectivity index is 3.11. The van der Waals surface area contributed by atoms with Crippen LogP contribution in [0.1, 0.15) is 29.3 Å². The Labute approximate surface area is 86.3 Å². The van der Waals surface area contributed by atoms with E-state index in [2.05, 4.69) is 15.0 Å². The van der Waals surface area contributed by atoms with E-state index in [1.54, 1.807) is 12.1 Å². The SMILES string of the molecule is [2H]C([2H])([2H])C(C)(O)c1cccc(CN=[N+]=[N-])n1. The van der Waals surface area contributed by atoms with Crippen LogP contribution < -0.4 is 0 Å². The van der Waals surface area contributed by atoms with E-state index in [-0.39, 0.29) is 12.2 Å². The quantitative estimate of drug-likeness (QED) is 0.455. The Morgan fingerprint density at radius 1 is 1.79 bits per heavy atom. The summed E-state index contributed by atoms with van der Waals surface area (Å²) in [6.07, 6.45) is 0. The summed E-state index contributed by atoms with van der Waals surface area (Å²) in [5.74, 6) is 0. The molecule has 0 aliphatic heterocycles. The molecule has 0 fully saturated rings. The van der Waals surface area contributed by atoms with Crippen LogP contribution in [0.2, 0.25) is 0 Å². The van der Waals surface area contributed by atoms with Gasteiger partial charge in [0.15, 0.2) is 0 Å². The van der Waals surface area contributed by atoms with Crippen molar-refractivity contribution in [2.45, 2.75) is 25.9 Å². The third-order valence-corrected chi connectivity index (χ3v) is 1.60. The van der Waals surface area contributed by atoms with Crippen molar-refractivity contribution in [3.63, 3.8) is 0 Å². The van der Waals surface area contributed by atoms with Crippen LogP contribution in [0.5, 0.6) is 0 Å². The molecule has 5 nitrogen and oxygen atoms in total. The molecule has 1 unspecified atom stereocenters. The first kappa shape index (κ1) is 6.81. The van der Waals surface area contributed by atoms with Crippen LogP contribution in [0.4, 0.5) is 0 Å². The zero-order valence-corrected chi connectivity index (χ0v) is 7.68. The van der Waals surface area contributed by atoms with Gasteiger partial charge in [0.2, 0.25) is 0 Å². The molecule has 0 amide bonds. The molecule has 1 aromatic rings. The lowest BCUT2D eigenvalue weighted by atomic mass is 10.0. The van der Waals surface area contributed by atoms with E-state index in [9.17, 15) is 5.11 Å². The Hall–Kier alpha value is -1.58. The van der Waals surface area contributed by atoms with Gasteiger partial charge in [-0.25, -0.2) is 0 Å². The third kappa shape index (κ3) is 2.73. The van der Waals surface area contributed by atoms with Gasteiger partial charge in [0.1, 0.15) is 5.60 Å². The van der Waals surface area contributed by atoms with Gasteiger partial charge in [0.25, 0.3) is 0 Å². The van der Waals surface area contributed by atoms with Crippen molar-refractivity contribution in [3.05, 3.63) is 40.0 Å². The van der Waals surface area contributed by atoms with Gasteiger partial charge < -0.3 is 5.11 Å². The second-order valence-corrected chi connectivity index (χ2v) is 2.98. The second-order valence-electron chi connectivity index (χ2n) is 2.98. The highest BCUT2D eigenvalue weighted by molar-refractivity contribution is 5.15. The van der Waals surface area contributed by atoms with Gasteiger partial charge in [-0.2, -0.15) is 0 Å². The summed E-state index contributed by atoms with van der Waals surface area (Å²) in [4.78, 5) is 6.56. The van der Waals surface area contributed by atoms with Crippen LogP contribution in [0, 0.1) is 0 Å². The highest BCUT2D eigenvalue weighted by Crippen LogP contribution is 2.17. The second kappa shape index (κ2) is 4.09. The molecule has 0 saturated carbocycles. The maximum absolute atomic E-state index is 9.94. The van der Waals surface area contributed by atoms with Crippen molar-refractivity contribution < 1.29 is 9.22 Å². The van der Waals surface area contributed by atoms with Gasteiger partial charge in [-0.15, -0.1) is 0 Å². The fourth-order valence-corrected chi connectivity index (χ4v) is 0.943. The van der Waals surface area contributed by atoms with Gasteiger partial charge >= 0.3 is 0 Å². The van der Waals surface area contributed by atoms with Crippen molar-refractivity contribution in [1.82, 2.24) is 4.98 Å². The van der Waals surface area contributed by atoms with Crippen LogP contribution in [-0.2, 0) is 12.1 Å². The summed E-state index contributed by atoms with van der Waals surface area (Å²) in [6, 6.07) is 4.57. The maximum Gasteiger partial charge on any atom is 0.101 e. The molecule has 0 aliphatic carbocycles. The smallest absolute Gasteiger partial charge is 0.101 e. The van der Waals surface area contributed by atoms with Gasteiger partial charge in [0.05, 0.1) is 12.2 Å². The van der Waals surface area contributed by atoms with E-state index >= 15 is 0 Å². The number of rotatable bonds is 3. The first-order valence-corrected chi connectivity index (χ1v) is 3.98. The Morgan fingerprint density at radius 2 is 2.57 bits per heavy atom. The summed E-state index contributed by atoms with van der Waals surface area (Å²) in [5, 5.41) is 13.3. The molecular formula is C9H12N4O. The third-order valence-electron chi connectivity index (χ3n) is 1.60. The molecule has 0 radical (unpaired) electrons. The Kier molecular flexibility index (Phi) is 1.99. The number of azide groups is 1. The highest BCUT2D eigenvalue weighted by Gasteiger charge is 2.17. The van der Waals surface area contributed by atoms with Crippen LogP contribution in [0.3, 0.4) is 0 Å². The van der Waals surface area contributed by atoms with Crippen molar-refractivity contribution in [3.8, 4) is 0 Å². The number of pyridine rings is 1. The highest BCUT2D eigenvalue weighted by atomic mass is 16.3. The molecule has 0 bridgehead atoms. The summed E-state index contributed by atoms with van der Waals surface area (Å²) in [7, 11) is 0. The zero-order chi connectivity index (χ0) is 13.1. The van der Waals surface area contributed by atoms with Gasteiger partial charge in [-0.1, -0.05) is 11.2 Å². The van der Waals surface area contributed by atoms with E-state index in [0.29, 0.717) is 5.69 Å². The van der Waals surface area contributed by atoms with Gasteiger partial charge in [0, 0.05) is 14.7 Å². The molecule has 0 aliphatic rings. The van der Waals surface area contributed by atoms with E-state index in [1.807, 2.05) is 0 Å². The molecule has 0 saturated heterocycles. The van der Waals surface area contributed by atoms with Crippen molar-refractivity contribution in [2.24, 2.45) is 5.11 Å². The predicted octanol–water partition coefficient (Wildman–Crippen LogP) is 2.12. The molecule has 1 N–H and O–H groups in total. The largest absolute Gasteiger partial charge is 0.384 e. The van der Waals surface area contributed by atoms with Crippen LogP contribution in [0.25, 0.3) is 10.4 Å². The Morgan fingerprint density at radius 3 is 3.21 bits per heavy atom. The van der Waals surface area contributed by atoms with E-state index in [0.717, 1.165) is 0 Å². The summed E-state index contributed by atoms with van der Waals surface area (Å²) < 4.78 is 21.7. The minimum atomic E-state index is -2.57. The summed E-state index contributed by atoms with van der Waals surface area (Å²) >= 11 is 0. The molecule has 1 aromatic heterocycles. The van der Waals surface area contributed by atoms with Crippen molar-refractivity contribution >= 4 is 0 Å². The summed E-state index contributed by atoms with van der Waals surface area (Å²) in [6.45, 7) is -1.38. The molecule has 1 atom stereocenters. The fraction of sp³-hybridized carbons (Fsp3) is 0.444. The minimum Gasteiger partial charge on any atom is -0.384 e. The molecule has 1 heterocycles. The van der Waals surface area contributed by atoms with Crippen LogP contribution in [-0.4, -0.2) is 10.1 Å². The zero-order valence-electron chi connectivity index (χ0n) is 10.7. The molecule has 74 valence electrons. The van der Waals surface area contributed by atoms with E-state index in [1.165, 1.54) is 13.0 Å². The lowest BCUT2D eigenvalue weighted by molar-refractivity contribution is 0.0736. The molecule has 0 spiro atoms. The number of aromatic nitrogens is 1. The first-order valence-electron chi connectivity index (χ1n) is 5.48. The number of nitrogens with zero attached hydrogens (tertiary/aromatic N) is 4. The normalized spacial score (nSPS) is 18.3. The molecular weight excluding hydrogens is 180 g/mol. The molecule has 1 rings (SSSR count). The Bertz CT molecular complexity index is 452. The molecule has 14 heavy (non-hydrogen) atoms. The predicted molar refractivity (Wildman–Crippen MR) is 52.3 cm³/mol. The molecule has 5 heteroatoms. The minimum absolute atomic E-state index is 0.0153. The lowest BCUT2D eigenvalue weighted by Gasteiger charge is -2.16. The van der Waals surface area contributed by atoms with Crippen molar-refractivity contribution in [2.75, 3.05) is 0 Å². The van der Waals surface area contributed by atoms with Crippen LogP contribution >= 0.6 is 0 Å². The van der Waals surface area contributed by atoms with E-state index in [4.69, 9.17) is 9.64 Å². The first-order chi connectivity index (χ1) is 7.79. The average Bonchev–Trinajstić information content (AvgIpc) is 2.25. The van der Waals surface area contributed by atoms with Crippen LogP contribution in [0.15, 0.2) is 23.3 Å². The van der Waals surface area contributed by atoms with Gasteiger partial charge in [-0.3, -0.25) is 4.98 Å². The maximum atomic E-state index is 9.94. The number of hydrogen-bond donors (Lipinski definition) is 1. The topological polar surface area (TPSA) is 81.9 Å². The standard InChI is InChI=1S/C9H12N4O/c1-9(2,14)8-5-3-4-7(12-8)6-11-13-10/h3-5,14H,6H2,1-2H3/i1D3. The lowest BCUT2D eigenvalue weighted by Crippen LogP contribution is -2.17. The fourth-order valence-electron chi connectivity index (χ4n) is 0.943. The molecule has 0 aromatic carbocycles. The monoisotopic (exact) mass is 195 g/mol. The number of hydrogen-bond acceptors (Lipinski definition) is 3.